The number of carbonyl (C=O) groups is 2. The van der Waals surface area contributed by atoms with Gasteiger partial charge in [-0.05, 0) is 180 Å². The third-order valence-electron chi connectivity index (χ3n) is 18.6. The number of likely N-dealkylation sites (tertiary alicyclic amines) is 3. The quantitative estimate of drug-likeness (QED) is 0.0347. The molecule has 0 spiro atoms. The maximum absolute atomic E-state index is 13.6. The van der Waals surface area contributed by atoms with Crippen LogP contribution in [-0.2, 0) is 47.0 Å². The second-order valence-corrected chi connectivity index (χ2v) is 31.0. The molecule has 24 heteroatoms. The molecule has 0 saturated carbocycles. The van der Waals surface area contributed by atoms with Gasteiger partial charge in [0.25, 0.3) is 0 Å². The third-order valence-corrected chi connectivity index (χ3v) is 23.2. The normalized spacial score (nSPS) is 24.3. The van der Waals surface area contributed by atoms with E-state index in [1.165, 1.54) is 6.42 Å². The monoisotopic (exact) mass is 1360 g/mol. The van der Waals surface area contributed by atoms with Crippen LogP contribution in [0.1, 0.15) is 113 Å². The minimum Gasteiger partial charge on any atom is -0.484 e. The van der Waals surface area contributed by atoms with Crippen LogP contribution in [0.15, 0.2) is 82.6 Å². The van der Waals surface area contributed by atoms with Crippen LogP contribution >= 0.6 is 46.4 Å². The Hall–Kier alpha value is -3.84. The summed E-state index contributed by atoms with van der Waals surface area (Å²) in [7, 11) is -7.29. The molecule has 0 unspecified atom stereocenters. The molecule has 4 heterocycles. The van der Waals surface area contributed by atoms with E-state index in [9.17, 15) is 26.4 Å². The van der Waals surface area contributed by atoms with E-state index in [1.54, 1.807) is 60.7 Å². The number of amides is 2. The summed E-state index contributed by atoms with van der Waals surface area (Å²) in [4.78, 5) is 34.7. The number of hydrogen-bond donors (Lipinski definition) is 4. The zero-order valence-electron chi connectivity index (χ0n) is 52.0. The fraction of sp³-hybridized carbons (Fsp3) is 0.606. The van der Waals surface area contributed by atoms with Gasteiger partial charge in [0, 0.05) is 128 Å². The lowest BCUT2D eigenvalue weighted by atomic mass is 9.97. The second-order valence-electron chi connectivity index (χ2n) is 25.6. The molecule has 18 nitrogen and oxygen atoms in total. The minimum absolute atomic E-state index is 0.0168. The van der Waals surface area contributed by atoms with Crippen molar-refractivity contribution in [3.05, 3.63) is 115 Å². The first-order valence-corrected chi connectivity index (χ1v) is 37.1. The Bertz CT molecular complexity index is 3070. The largest absolute Gasteiger partial charge is 0.484 e. The van der Waals surface area contributed by atoms with Crippen LogP contribution in [0, 0.1) is 11.8 Å². The Morgan fingerprint density at radius 1 is 0.611 bits per heavy atom. The SMILES string of the molecule is C[C@H]1CCCN([C@H]2Cc3c(Cl)cc(Cl)cc3[C@@H]2Oc2ccc(S(=O)(=O)C[C@H]3CCN(CCOCCNC(=O)NCCCCCC(=O)CCCOCCN4CC[C@H](NS(=O)(=O)c5ccc(O[C@H]6c7cc(Cl)cc(Cl)c7C[C@@H]6N6CCN[C@H](C)C6)cc5)C4)C3)cc2)C1. The highest BCUT2D eigenvalue weighted by molar-refractivity contribution is 7.91. The van der Waals surface area contributed by atoms with Gasteiger partial charge in [0.15, 0.2) is 9.84 Å². The smallest absolute Gasteiger partial charge is 0.314 e. The summed E-state index contributed by atoms with van der Waals surface area (Å²) in [6, 6.07) is 21.0. The second kappa shape index (κ2) is 32.5. The van der Waals surface area contributed by atoms with E-state index in [1.807, 2.05) is 12.1 Å². The molecule has 0 bridgehead atoms. The summed E-state index contributed by atoms with van der Waals surface area (Å²) in [5.41, 5.74) is 4.07. The van der Waals surface area contributed by atoms with E-state index in [4.69, 9.17) is 65.4 Å². The highest BCUT2D eigenvalue weighted by Crippen LogP contribution is 2.45. The maximum Gasteiger partial charge on any atom is 0.314 e. The van der Waals surface area contributed by atoms with Gasteiger partial charge in [-0.25, -0.2) is 26.4 Å². The van der Waals surface area contributed by atoms with Crippen molar-refractivity contribution < 1.29 is 45.4 Å². The first-order valence-electron chi connectivity index (χ1n) is 32.4. The van der Waals surface area contributed by atoms with Crippen LogP contribution in [0.3, 0.4) is 0 Å². The summed E-state index contributed by atoms with van der Waals surface area (Å²) < 4.78 is 82.1. The summed E-state index contributed by atoms with van der Waals surface area (Å²) in [6.45, 7) is 16.0. The van der Waals surface area contributed by atoms with Gasteiger partial charge in [0.05, 0.1) is 47.4 Å². The number of piperidine rings is 1. The van der Waals surface area contributed by atoms with Gasteiger partial charge >= 0.3 is 6.03 Å². The first-order chi connectivity index (χ1) is 43.3. The Morgan fingerprint density at radius 2 is 1.20 bits per heavy atom. The fourth-order valence-corrected chi connectivity index (χ4v) is 18.0. The van der Waals surface area contributed by atoms with Crippen molar-refractivity contribution in [2.75, 3.05) is 117 Å². The van der Waals surface area contributed by atoms with Crippen molar-refractivity contribution >= 4 is 78.1 Å². The van der Waals surface area contributed by atoms with Crippen molar-refractivity contribution in [2.24, 2.45) is 11.8 Å². The molecule has 6 aliphatic rings. The average molecular weight is 1360 g/mol. The van der Waals surface area contributed by atoms with Gasteiger partial charge < -0.3 is 39.8 Å². The van der Waals surface area contributed by atoms with Gasteiger partial charge in [-0.3, -0.25) is 19.5 Å². The van der Waals surface area contributed by atoms with E-state index in [-0.39, 0.29) is 63.6 Å². The molecular weight excluding hydrogens is 1270 g/mol. The Kier molecular flexibility index (Phi) is 24.9. The Labute approximate surface area is 553 Å². The lowest BCUT2D eigenvalue weighted by molar-refractivity contribution is -0.119. The van der Waals surface area contributed by atoms with Crippen LogP contribution in [0.5, 0.6) is 11.5 Å². The van der Waals surface area contributed by atoms with Crippen LogP contribution in [0.4, 0.5) is 4.79 Å². The number of benzene rings is 4. The zero-order chi connectivity index (χ0) is 63.4. The molecule has 0 radical (unpaired) electrons. The minimum atomic E-state index is -3.77. The van der Waals surface area contributed by atoms with Crippen LogP contribution in [0.2, 0.25) is 20.1 Å². The Balaban J connectivity index is 0.521. The van der Waals surface area contributed by atoms with Crippen molar-refractivity contribution in [1.29, 1.82) is 0 Å². The van der Waals surface area contributed by atoms with Gasteiger partial charge in [-0.1, -0.05) is 59.7 Å². The number of halogens is 4. The molecule has 2 amide bonds. The number of ketones is 1. The average Bonchev–Trinajstić information content (AvgIpc) is 1.64. The van der Waals surface area contributed by atoms with Gasteiger partial charge in [-0.2, -0.15) is 0 Å². The lowest BCUT2D eigenvalue weighted by Gasteiger charge is -2.38. The predicted octanol–water partition coefficient (Wildman–Crippen LogP) is 9.81. The summed E-state index contributed by atoms with van der Waals surface area (Å²) in [6.07, 6.45) is 8.73. The topological polar surface area (TPSA) is 200 Å². The van der Waals surface area contributed by atoms with Gasteiger partial charge in [-0.15, -0.1) is 0 Å². The number of sulfonamides is 1. The number of sulfone groups is 1. The number of carbonyl (C=O) groups excluding carboxylic acids is 2. The number of nitrogens with one attached hydrogen (secondary N) is 4. The predicted molar refractivity (Wildman–Crippen MR) is 354 cm³/mol. The number of urea groups is 1. The summed E-state index contributed by atoms with van der Waals surface area (Å²) in [5.74, 6) is 2.07. The molecule has 8 atom stereocenters. The molecule has 0 aromatic heterocycles. The molecular formula is C66H90Cl4N8O10S2. The number of hydrogen-bond acceptors (Lipinski definition) is 15. The number of unbranched alkanes of at least 4 members (excludes halogenated alkanes) is 2. The lowest BCUT2D eigenvalue weighted by Crippen LogP contribution is -2.54. The standard InChI is InChI=1S/C66H90Cl4N8O10S2/c1-45-8-6-24-77(40-45)62-38-56-58(34-48(67)36-60(56)69)64(62)87-52-11-15-54(16-12-52)89(81,82)44-47-19-25-75(42-47)28-33-86-31-23-73-66(80)72-21-5-3-4-9-51(79)10-7-30-85-32-29-76-26-20-50(43-76)74-90(83,84)55-17-13-53(14-18-55)88-65-59-35-49(68)37-61(70)57(59)39-63(65)78-27-22-71-46(2)41-78/h11-18,34-37,45-47,50,62-65,71,74H,3-10,19-33,38-44H2,1-2H3,(H2,72,73,80)/t45-,46+,47-,50-,62-,63-,64-,65-/m0/s1. The number of ether oxygens (including phenoxy) is 4. The van der Waals surface area contributed by atoms with Crippen molar-refractivity contribution in [3.63, 3.8) is 0 Å². The van der Waals surface area contributed by atoms with Crippen molar-refractivity contribution in [3.8, 4) is 11.5 Å². The number of nitrogens with zero attached hydrogens (tertiary/aromatic N) is 4. The third kappa shape index (κ3) is 19.0. The number of Topliss-reactive ketones (excluding diaryl/α,β-unsaturated/α-hetero) is 1. The van der Waals surface area contributed by atoms with Crippen molar-refractivity contribution in [2.45, 2.75) is 137 Å². The van der Waals surface area contributed by atoms with Gasteiger partial charge in [0.1, 0.15) is 29.5 Å². The molecule has 4 aliphatic heterocycles. The highest BCUT2D eigenvalue weighted by Gasteiger charge is 2.43. The fourth-order valence-electron chi connectivity index (χ4n) is 14.0. The molecule has 2 aliphatic carbocycles. The number of rotatable bonds is 31. The van der Waals surface area contributed by atoms with Crippen LogP contribution < -0.4 is 30.1 Å². The van der Waals surface area contributed by atoms with Crippen molar-refractivity contribution in [1.82, 2.24) is 40.3 Å². The Morgan fingerprint density at radius 3 is 1.84 bits per heavy atom. The van der Waals surface area contributed by atoms with E-state index < -0.39 is 19.9 Å². The van der Waals surface area contributed by atoms with E-state index in [0.29, 0.717) is 135 Å². The molecule has 10 rings (SSSR count). The van der Waals surface area contributed by atoms with Crippen LogP contribution in [0.25, 0.3) is 0 Å². The van der Waals surface area contributed by atoms with E-state index in [0.717, 1.165) is 113 Å². The molecule has 4 fully saturated rings. The highest BCUT2D eigenvalue weighted by atomic mass is 35.5. The van der Waals surface area contributed by atoms with Gasteiger partial charge in [0.2, 0.25) is 10.0 Å². The number of piperazine rings is 1. The zero-order valence-corrected chi connectivity index (χ0v) is 56.6. The molecule has 4 N–H and O–H groups in total. The van der Waals surface area contributed by atoms with E-state index >= 15 is 0 Å². The molecule has 90 heavy (non-hydrogen) atoms. The summed E-state index contributed by atoms with van der Waals surface area (Å²) >= 11 is 26.3. The number of fused-ring (bicyclic) bond motifs is 2. The first kappa shape index (κ1) is 69.0. The van der Waals surface area contributed by atoms with E-state index in [2.05, 4.69) is 54.1 Å². The summed E-state index contributed by atoms with van der Waals surface area (Å²) in [5, 5.41) is 11.6. The molecule has 4 aromatic carbocycles. The molecule has 494 valence electrons. The van der Waals surface area contributed by atoms with Crippen LogP contribution in [-0.4, -0.2) is 190 Å². The molecule has 4 saturated heterocycles. The molecule has 4 aromatic rings. The maximum atomic E-state index is 13.6.